The van der Waals surface area contributed by atoms with Gasteiger partial charge in [0, 0.05) is 33.0 Å². The highest BCUT2D eigenvalue weighted by atomic mass is 79.9. The Morgan fingerprint density at radius 3 is 1.86 bits per heavy atom. The van der Waals surface area contributed by atoms with Gasteiger partial charge in [0.05, 0.1) is 6.61 Å². The van der Waals surface area contributed by atoms with Gasteiger partial charge in [0.2, 0.25) is 0 Å². The summed E-state index contributed by atoms with van der Waals surface area (Å²) in [5.74, 6) is -2.61. The zero-order chi connectivity index (χ0) is 21.3. The van der Waals surface area contributed by atoms with Crippen molar-refractivity contribution in [3.63, 3.8) is 0 Å². The molecule has 1 heterocycles. The molecule has 0 bridgehead atoms. The number of carbonyl (C=O) groups is 4. The fourth-order valence-electron chi connectivity index (χ4n) is 2.58. The lowest BCUT2D eigenvalue weighted by atomic mass is 9.98. The average molecular weight is 469 g/mol. The lowest BCUT2D eigenvalue weighted by Gasteiger charge is -2.44. The first kappa shape index (κ1) is 24.3. The van der Waals surface area contributed by atoms with E-state index in [1.54, 1.807) is 0 Å². The molecule has 0 N–H and O–H groups in total. The van der Waals surface area contributed by atoms with Gasteiger partial charge in [-0.05, 0) is 6.42 Å². The molecule has 1 saturated heterocycles. The van der Waals surface area contributed by atoms with E-state index in [1.165, 1.54) is 13.8 Å². The monoisotopic (exact) mass is 468 g/mol. The zero-order valence-corrected chi connectivity index (χ0v) is 17.8. The molecule has 160 valence electrons. The fraction of sp³-hybridized carbons (Fsp3) is 0.765. The first-order valence-electron chi connectivity index (χ1n) is 8.63. The normalized spacial score (nSPS) is 26.8. The summed E-state index contributed by atoms with van der Waals surface area (Å²) in [6.07, 6.45) is -5.07. The Bertz CT molecular complexity index is 566. The Balaban J connectivity index is 3.21. The van der Waals surface area contributed by atoms with Crippen LogP contribution >= 0.6 is 15.9 Å². The maximum absolute atomic E-state index is 11.6. The van der Waals surface area contributed by atoms with Crippen LogP contribution in [0, 0.1) is 0 Å². The van der Waals surface area contributed by atoms with Gasteiger partial charge in [-0.25, -0.2) is 0 Å². The minimum absolute atomic E-state index is 0.249. The second-order valence-electron chi connectivity index (χ2n) is 5.98. The van der Waals surface area contributed by atoms with E-state index in [1.807, 2.05) is 0 Å². The van der Waals surface area contributed by atoms with E-state index in [0.717, 1.165) is 13.8 Å². The van der Waals surface area contributed by atoms with Crippen LogP contribution in [0.25, 0.3) is 0 Å². The van der Waals surface area contributed by atoms with Crippen molar-refractivity contribution in [2.24, 2.45) is 0 Å². The molecule has 1 rings (SSSR count). The minimum atomic E-state index is -1.21. The smallest absolute Gasteiger partial charge is 0.303 e. The molecule has 10 nitrogen and oxygen atoms in total. The number of hydrogen-bond donors (Lipinski definition) is 0. The van der Waals surface area contributed by atoms with Gasteiger partial charge in [-0.2, -0.15) is 0 Å². The summed E-state index contributed by atoms with van der Waals surface area (Å²) in [6.45, 7) is 4.67. The lowest BCUT2D eigenvalue weighted by Crippen LogP contribution is -2.63. The molecule has 1 aliphatic rings. The van der Waals surface area contributed by atoms with Crippen LogP contribution in [-0.4, -0.2) is 73.1 Å². The van der Waals surface area contributed by atoms with Crippen molar-refractivity contribution in [3.8, 4) is 0 Å². The molecule has 0 spiro atoms. The molecule has 0 amide bonds. The highest BCUT2D eigenvalue weighted by molar-refractivity contribution is 9.09. The molecule has 0 radical (unpaired) electrons. The van der Waals surface area contributed by atoms with Crippen molar-refractivity contribution in [3.05, 3.63) is 0 Å². The average Bonchev–Trinajstić information content (AvgIpc) is 2.57. The third-order valence-electron chi connectivity index (χ3n) is 3.51. The number of rotatable bonds is 9. The van der Waals surface area contributed by atoms with Crippen molar-refractivity contribution >= 4 is 39.8 Å². The van der Waals surface area contributed by atoms with E-state index >= 15 is 0 Å². The number of ether oxygens (including phenoxy) is 6. The molecule has 0 aromatic heterocycles. The molecule has 0 aromatic rings. The Labute approximate surface area is 171 Å². The van der Waals surface area contributed by atoms with Gasteiger partial charge in [-0.3, -0.25) is 19.2 Å². The molecule has 0 aromatic carbocycles. The van der Waals surface area contributed by atoms with Crippen molar-refractivity contribution in [1.29, 1.82) is 0 Å². The number of alkyl halides is 1. The van der Waals surface area contributed by atoms with Crippen LogP contribution in [-0.2, 0) is 47.6 Å². The van der Waals surface area contributed by atoms with E-state index in [9.17, 15) is 19.2 Å². The summed E-state index contributed by atoms with van der Waals surface area (Å²) in [7, 11) is 0. The van der Waals surface area contributed by atoms with Gasteiger partial charge in [0.25, 0.3) is 0 Å². The predicted octanol–water partition coefficient (Wildman–Crippen LogP) is 0.871. The van der Waals surface area contributed by atoms with Crippen LogP contribution in [0.5, 0.6) is 0 Å². The molecule has 5 atom stereocenters. The first-order chi connectivity index (χ1) is 13.1. The number of esters is 4. The Morgan fingerprint density at radius 2 is 1.36 bits per heavy atom. The number of carbonyl (C=O) groups excluding carboxylic acids is 4. The van der Waals surface area contributed by atoms with Crippen molar-refractivity contribution in [1.82, 2.24) is 0 Å². The highest BCUT2D eigenvalue weighted by Crippen LogP contribution is 2.30. The summed E-state index contributed by atoms with van der Waals surface area (Å²) in [4.78, 5) is 46.0. The lowest BCUT2D eigenvalue weighted by molar-refractivity contribution is -0.308. The van der Waals surface area contributed by atoms with E-state index < -0.39 is 54.6 Å². The molecule has 1 fully saturated rings. The SMILES string of the molecule is CC(=O)OC[C@H]1O[C@H](OCCCBr)[C@@H](OC(C)=O)[C@@H](OC(C)=O)[C@@H]1OC(C)=O. The Hall–Kier alpha value is -1.72. The van der Waals surface area contributed by atoms with Crippen LogP contribution in [0.2, 0.25) is 0 Å². The number of halogens is 1. The van der Waals surface area contributed by atoms with Crippen molar-refractivity contribution in [2.45, 2.75) is 64.8 Å². The second-order valence-corrected chi connectivity index (χ2v) is 6.77. The third-order valence-corrected chi connectivity index (χ3v) is 4.07. The standard InChI is InChI=1S/C17H25BrO10/c1-9(19)24-8-13-14(25-10(2)20)15(26-11(3)21)16(27-12(4)22)17(28-13)23-7-5-6-18/h13-17H,5-8H2,1-4H3/t13-,14-,15+,16+,17+/m1/s1. The van der Waals surface area contributed by atoms with Gasteiger partial charge < -0.3 is 28.4 Å². The summed E-state index contributed by atoms with van der Waals surface area (Å²) in [6, 6.07) is 0. The van der Waals surface area contributed by atoms with Gasteiger partial charge in [0.15, 0.2) is 24.6 Å². The topological polar surface area (TPSA) is 124 Å². The molecule has 0 aliphatic carbocycles. The van der Waals surface area contributed by atoms with Crippen molar-refractivity contribution in [2.75, 3.05) is 18.5 Å². The van der Waals surface area contributed by atoms with Gasteiger partial charge in [-0.1, -0.05) is 15.9 Å². The highest BCUT2D eigenvalue weighted by Gasteiger charge is 2.52. The van der Waals surface area contributed by atoms with Crippen LogP contribution in [0.15, 0.2) is 0 Å². The summed E-state index contributed by atoms with van der Waals surface area (Å²) in [5.41, 5.74) is 0. The largest absolute Gasteiger partial charge is 0.463 e. The van der Waals surface area contributed by atoms with Gasteiger partial charge >= 0.3 is 23.9 Å². The van der Waals surface area contributed by atoms with Crippen LogP contribution in [0.1, 0.15) is 34.1 Å². The molecule has 0 unspecified atom stereocenters. The fourth-order valence-corrected chi connectivity index (χ4v) is 2.81. The van der Waals surface area contributed by atoms with Gasteiger partial charge in [0.1, 0.15) is 12.7 Å². The van der Waals surface area contributed by atoms with E-state index in [2.05, 4.69) is 15.9 Å². The van der Waals surface area contributed by atoms with Crippen LogP contribution < -0.4 is 0 Å². The third kappa shape index (κ3) is 8.11. The van der Waals surface area contributed by atoms with Gasteiger partial charge in [-0.15, -0.1) is 0 Å². The first-order valence-corrected chi connectivity index (χ1v) is 9.75. The van der Waals surface area contributed by atoms with Crippen LogP contribution in [0.4, 0.5) is 0 Å². The zero-order valence-electron chi connectivity index (χ0n) is 16.2. The van der Waals surface area contributed by atoms with E-state index in [-0.39, 0.29) is 13.2 Å². The van der Waals surface area contributed by atoms with Crippen molar-refractivity contribution < 1.29 is 47.6 Å². The predicted molar refractivity (Wildman–Crippen MR) is 96.3 cm³/mol. The molecule has 0 saturated carbocycles. The maximum atomic E-state index is 11.6. The molecule has 1 aliphatic heterocycles. The molecular formula is C17H25BrO10. The Morgan fingerprint density at radius 1 is 0.821 bits per heavy atom. The minimum Gasteiger partial charge on any atom is -0.463 e. The number of hydrogen-bond acceptors (Lipinski definition) is 10. The molecular weight excluding hydrogens is 444 g/mol. The summed E-state index contributed by atoms with van der Waals surface area (Å²) < 4.78 is 32.2. The maximum Gasteiger partial charge on any atom is 0.303 e. The second kappa shape index (κ2) is 12.0. The summed E-state index contributed by atoms with van der Waals surface area (Å²) >= 11 is 3.27. The quantitative estimate of drug-likeness (QED) is 0.208. The van der Waals surface area contributed by atoms with E-state index in [0.29, 0.717) is 11.8 Å². The van der Waals surface area contributed by atoms with E-state index in [4.69, 9.17) is 28.4 Å². The van der Waals surface area contributed by atoms with Crippen LogP contribution in [0.3, 0.4) is 0 Å². The molecule has 28 heavy (non-hydrogen) atoms. The summed E-state index contributed by atoms with van der Waals surface area (Å²) in [5, 5.41) is 0.665. The Kier molecular flexibility index (Phi) is 10.4. The molecule has 11 heteroatoms.